The van der Waals surface area contributed by atoms with Gasteiger partial charge in [-0.25, -0.2) is 9.97 Å². The Kier molecular flexibility index (Phi) is 6.60. The zero-order valence-corrected chi connectivity index (χ0v) is 15.3. The molecule has 1 amide bonds. The molecule has 1 unspecified atom stereocenters. The van der Waals surface area contributed by atoms with Crippen LogP contribution >= 0.6 is 24.2 Å². The van der Waals surface area contributed by atoms with Crippen molar-refractivity contribution in [1.29, 1.82) is 0 Å². The van der Waals surface area contributed by atoms with E-state index in [4.69, 9.17) is 0 Å². The van der Waals surface area contributed by atoms with E-state index in [1.807, 2.05) is 32.0 Å². The normalized spacial score (nSPS) is 15.1. The molecule has 128 valence electrons. The predicted molar refractivity (Wildman–Crippen MR) is 98.7 cm³/mol. The number of aryl methyl sites for hydroxylation is 1. The highest BCUT2D eigenvalue weighted by atomic mass is 35.5. The molecule has 2 aromatic rings. The minimum absolute atomic E-state index is 0. The Bertz CT molecular complexity index is 694. The summed E-state index contributed by atoms with van der Waals surface area (Å²) in [5, 5.41) is 6.97. The van der Waals surface area contributed by atoms with Gasteiger partial charge in [-0.05, 0) is 67.5 Å². The lowest BCUT2D eigenvalue weighted by Gasteiger charge is -2.31. The molecule has 0 spiro atoms. The van der Waals surface area contributed by atoms with Crippen LogP contribution < -0.4 is 10.6 Å². The predicted octanol–water partition coefficient (Wildman–Crippen LogP) is 3.15. The third-order valence-electron chi connectivity index (χ3n) is 4.14. The molecule has 2 N–H and O–H groups in total. The summed E-state index contributed by atoms with van der Waals surface area (Å²) in [6.07, 6.45) is 3.46. The minimum atomic E-state index is 0. The number of amides is 1. The average Bonchev–Trinajstić information content (AvgIpc) is 2.49. The molecule has 24 heavy (non-hydrogen) atoms. The first-order valence-corrected chi connectivity index (χ1v) is 8.52. The molecular formula is C17H21ClN4OS. The molecular weight excluding hydrogens is 344 g/mol. The number of aromatic nitrogens is 2. The summed E-state index contributed by atoms with van der Waals surface area (Å²) < 4.78 is 0. The van der Waals surface area contributed by atoms with E-state index >= 15 is 0 Å². The fourth-order valence-corrected chi connectivity index (χ4v) is 3.22. The van der Waals surface area contributed by atoms with E-state index in [1.54, 1.807) is 18.5 Å². The second-order valence-electron chi connectivity index (χ2n) is 5.81. The number of rotatable bonds is 5. The molecule has 0 saturated carbocycles. The van der Waals surface area contributed by atoms with Crippen molar-refractivity contribution in [2.75, 3.05) is 18.4 Å². The molecule has 1 aromatic heterocycles. The van der Waals surface area contributed by atoms with Crippen LogP contribution in [0.15, 0.2) is 46.7 Å². The minimum Gasteiger partial charge on any atom is -0.326 e. The number of anilines is 1. The first-order valence-electron chi connectivity index (χ1n) is 7.70. The first-order chi connectivity index (χ1) is 11.1. The second kappa shape index (κ2) is 8.46. The van der Waals surface area contributed by atoms with Crippen LogP contribution in [0.1, 0.15) is 12.5 Å². The third kappa shape index (κ3) is 4.47. The maximum absolute atomic E-state index is 12.3. The van der Waals surface area contributed by atoms with Gasteiger partial charge in [0.25, 0.3) is 0 Å². The van der Waals surface area contributed by atoms with Gasteiger partial charge in [-0.1, -0.05) is 6.92 Å². The van der Waals surface area contributed by atoms with E-state index in [9.17, 15) is 4.79 Å². The van der Waals surface area contributed by atoms with Crippen molar-refractivity contribution in [3.8, 4) is 0 Å². The summed E-state index contributed by atoms with van der Waals surface area (Å²) in [4.78, 5) is 21.8. The maximum Gasteiger partial charge on any atom is 0.227 e. The average molecular weight is 365 g/mol. The summed E-state index contributed by atoms with van der Waals surface area (Å²) >= 11 is 1.51. The van der Waals surface area contributed by atoms with Crippen LogP contribution in [-0.2, 0) is 4.79 Å². The Morgan fingerprint density at radius 2 is 2.04 bits per heavy atom. The molecule has 3 rings (SSSR count). The van der Waals surface area contributed by atoms with Crippen molar-refractivity contribution in [3.05, 3.63) is 42.2 Å². The highest BCUT2D eigenvalue weighted by Gasteiger charge is 2.28. The molecule has 1 atom stereocenters. The highest BCUT2D eigenvalue weighted by molar-refractivity contribution is 7.99. The zero-order valence-electron chi connectivity index (χ0n) is 13.7. The second-order valence-corrected chi connectivity index (χ2v) is 6.85. The summed E-state index contributed by atoms with van der Waals surface area (Å²) in [6.45, 7) is 5.86. The molecule has 0 radical (unpaired) electrons. The van der Waals surface area contributed by atoms with Gasteiger partial charge in [0.15, 0.2) is 5.16 Å². The van der Waals surface area contributed by atoms with E-state index in [0.29, 0.717) is 5.92 Å². The van der Waals surface area contributed by atoms with Crippen molar-refractivity contribution in [2.45, 2.75) is 23.9 Å². The quantitative estimate of drug-likeness (QED) is 0.798. The molecule has 5 nitrogen and oxygen atoms in total. The Balaban J connectivity index is 0.00000208. The van der Waals surface area contributed by atoms with Crippen LogP contribution in [0.5, 0.6) is 0 Å². The zero-order chi connectivity index (χ0) is 16.2. The number of benzene rings is 1. The van der Waals surface area contributed by atoms with Crippen molar-refractivity contribution in [2.24, 2.45) is 11.8 Å². The molecule has 1 aromatic carbocycles. The standard InChI is InChI=1S/C17H20N4OS.ClH/c1-11-8-14(23-17-19-6-3-7-20-17)4-5-15(11)21-16(22)12(2)13-9-18-10-13;/h3-8,12-13,18H,9-10H2,1-2H3,(H,21,22);1H. The summed E-state index contributed by atoms with van der Waals surface area (Å²) in [6, 6.07) is 7.78. The molecule has 1 saturated heterocycles. The van der Waals surface area contributed by atoms with Gasteiger partial charge in [0.1, 0.15) is 0 Å². The Hall–Kier alpha value is -1.63. The molecule has 0 bridgehead atoms. The van der Waals surface area contributed by atoms with E-state index < -0.39 is 0 Å². The number of nitrogens with zero attached hydrogens (tertiary/aromatic N) is 2. The highest BCUT2D eigenvalue weighted by Crippen LogP contribution is 2.28. The van der Waals surface area contributed by atoms with Crippen molar-refractivity contribution < 1.29 is 4.79 Å². The number of nitrogens with one attached hydrogen (secondary N) is 2. The van der Waals surface area contributed by atoms with Crippen LogP contribution in [0.25, 0.3) is 0 Å². The van der Waals surface area contributed by atoms with Gasteiger partial charge in [-0.15, -0.1) is 12.4 Å². The van der Waals surface area contributed by atoms with Crippen LogP contribution in [0.4, 0.5) is 5.69 Å². The maximum atomic E-state index is 12.3. The SMILES string of the molecule is Cc1cc(Sc2ncccn2)ccc1NC(=O)C(C)C1CNC1.Cl. The van der Waals surface area contributed by atoms with Gasteiger partial charge in [0, 0.05) is 28.9 Å². The number of hydrogen-bond acceptors (Lipinski definition) is 5. The van der Waals surface area contributed by atoms with Crippen molar-refractivity contribution >= 4 is 35.8 Å². The van der Waals surface area contributed by atoms with Crippen molar-refractivity contribution in [1.82, 2.24) is 15.3 Å². The molecule has 1 aliphatic rings. The Morgan fingerprint density at radius 1 is 1.33 bits per heavy atom. The molecule has 1 fully saturated rings. The fourth-order valence-electron chi connectivity index (χ4n) is 2.41. The Labute approximate surface area is 152 Å². The van der Waals surface area contributed by atoms with E-state index in [0.717, 1.165) is 34.4 Å². The van der Waals surface area contributed by atoms with Crippen LogP contribution in [0, 0.1) is 18.8 Å². The summed E-state index contributed by atoms with van der Waals surface area (Å²) in [5.41, 5.74) is 1.91. The van der Waals surface area contributed by atoms with Crippen molar-refractivity contribution in [3.63, 3.8) is 0 Å². The number of carbonyl (C=O) groups is 1. The van der Waals surface area contributed by atoms with E-state index in [2.05, 4.69) is 20.6 Å². The van der Waals surface area contributed by atoms with Crippen LogP contribution in [0.3, 0.4) is 0 Å². The van der Waals surface area contributed by atoms with Crippen LogP contribution in [0.2, 0.25) is 0 Å². The lowest BCUT2D eigenvalue weighted by atomic mass is 9.88. The lowest BCUT2D eigenvalue weighted by Crippen LogP contribution is -2.48. The van der Waals surface area contributed by atoms with Gasteiger partial charge < -0.3 is 10.6 Å². The van der Waals surface area contributed by atoms with Gasteiger partial charge in [0.2, 0.25) is 5.91 Å². The third-order valence-corrected chi connectivity index (χ3v) is 5.02. The molecule has 1 aliphatic heterocycles. The monoisotopic (exact) mass is 364 g/mol. The summed E-state index contributed by atoms with van der Waals surface area (Å²) in [7, 11) is 0. The van der Waals surface area contributed by atoms with E-state index in [1.165, 1.54) is 11.8 Å². The first kappa shape index (κ1) is 18.7. The lowest BCUT2D eigenvalue weighted by molar-refractivity contribution is -0.121. The number of carbonyl (C=O) groups excluding carboxylic acids is 1. The van der Waals surface area contributed by atoms with Crippen LogP contribution in [-0.4, -0.2) is 29.0 Å². The fraction of sp³-hybridized carbons (Fsp3) is 0.353. The Morgan fingerprint density at radius 3 is 2.62 bits per heavy atom. The number of hydrogen-bond donors (Lipinski definition) is 2. The molecule has 7 heteroatoms. The largest absolute Gasteiger partial charge is 0.326 e. The molecule has 2 heterocycles. The number of halogens is 1. The molecule has 0 aliphatic carbocycles. The van der Waals surface area contributed by atoms with Gasteiger partial charge in [0.05, 0.1) is 0 Å². The van der Waals surface area contributed by atoms with Gasteiger partial charge >= 0.3 is 0 Å². The summed E-state index contributed by atoms with van der Waals surface area (Å²) in [5.74, 6) is 0.564. The smallest absolute Gasteiger partial charge is 0.227 e. The van der Waals surface area contributed by atoms with Gasteiger partial charge in [-0.3, -0.25) is 4.79 Å². The van der Waals surface area contributed by atoms with Gasteiger partial charge in [-0.2, -0.15) is 0 Å². The van der Waals surface area contributed by atoms with E-state index in [-0.39, 0.29) is 24.2 Å². The topological polar surface area (TPSA) is 66.9 Å².